The molecule has 0 aromatic heterocycles. The van der Waals surface area contributed by atoms with Crippen molar-refractivity contribution in [3.63, 3.8) is 0 Å². The van der Waals surface area contributed by atoms with Gasteiger partial charge in [0.05, 0.1) is 6.07 Å². The van der Waals surface area contributed by atoms with E-state index in [-0.39, 0.29) is 6.54 Å². The Hall–Kier alpha value is -4.03. The number of anilines is 1. The molecule has 41 heavy (non-hydrogen) atoms. The number of alkyl carbamates (subject to hydrolysis) is 1. The average Bonchev–Trinajstić information content (AvgIpc) is 2.94. The third-order valence-corrected chi connectivity index (χ3v) is 7.05. The molecule has 3 aromatic carbocycles. The van der Waals surface area contributed by atoms with Gasteiger partial charge in [-0.05, 0) is 79.7 Å². The highest BCUT2D eigenvalue weighted by molar-refractivity contribution is 7.98. The maximum absolute atomic E-state index is 14.0. The van der Waals surface area contributed by atoms with Crippen molar-refractivity contribution >= 4 is 46.1 Å². The van der Waals surface area contributed by atoms with E-state index in [1.807, 2.05) is 67.8 Å². The zero-order valence-electron chi connectivity index (χ0n) is 24.3. The highest BCUT2D eigenvalue weighted by atomic mass is 32.2. The zero-order chi connectivity index (χ0) is 30.0. The Morgan fingerprint density at radius 3 is 2.32 bits per heavy atom. The van der Waals surface area contributed by atoms with Crippen LogP contribution in [0.4, 0.5) is 10.5 Å². The van der Waals surface area contributed by atoms with Gasteiger partial charge in [-0.1, -0.05) is 61.5 Å². The molecule has 0 bridgehead atoms. The van der Waals surface area contributed by atoms with Crippen LogP contribution >= 0.6 is 11.8 Å². The quantitative estimate of drug-likeness (QED) is 0.269. The van der Waals surface area contributed by atoms with Gasteiger partial charge >= 0.3 is 6.09 Å². The van der Waals surface area contributed by atoms with Crippen molar-refractivity contribution in [1.29, 1.82) is 5.26 Å². The number of amides is 3. The summed E-state index contributed by atoms with van der Waals surface area (Å²) in [4.78, 5) is 41.9. The van der Waals surface area contributed by atoms with Crippen LogP contribution in [0.2, 0.25) is 0 Å². The third kappa shape index (κ3) is 8.98. The van der Waals surface area contributed by atoms with Crippen molar-refractivity contribution in [2.45, 2.75) is 58.2 Å². The molecule has 2 atom stereocenters. The number of carbonyl (C=O) groups is 3. The normalized spacial score (nSPS) is 12.6. The SMILES string of the molecule is CCc1ccc(C(C(=O)Nc2ccc3ccccc3c2)N(CC#N)C(=O)C(CCSC)NC(=O)OC(C)(C)C)cc1. The van der Waals surface area contributed by atoms with Crippen LogP contribution < -0.4 is 10.6 Å². The van der Waals surface area contributed by atoms with Crippen LogP contribution in [0, 0.1) is 11.3 Å². The van der Waals surface area contributed by atoms with Crippen molar-refractivity contribution < 1.29 is 19.1 Å². The van der Waals surface area contributed by atoms with Gasteiger partial charge in [-0.2, -0.15) is 17.0 Å². The van der Waals surface area contributed by atoms with Gasteiger partial charge in [-0.15, -0.1) is 0 Å². The van der Waals surface area contributed by atoms with E-state index in [4.69, 9.17) is 4.74 Å². The van der Waals surface area contributed by atoms with Gasteiger partial charge in [0.25, 0.3) is 5.91 Å². The summed E-state index contributed by atoms with van der Waals surface area (Å²) in [6.45, 7) is 6.89. The second kappa shape index (κ2) is 14.6. The molecule has 216 valence electrons. The minimum absolute atomic E-state index is 0.301. The van der Waals surface area contributed by atoms with Gasteiger partial charge in [0.2, 0.25) is 5.91 Å². The summed E-state index contributed by atoms with van der Waals surface area (Å²) in [6.07, 6.45) is 2.27. The Morgan fingerprint density at radius 2 is 1.71 bits per heavy atom. The number of hydrogen-bond donors (Lipinski definition) is 2. The number of nitrogens with zero attached hydrogens (tertiary/aromatic N) is 2. The molecular formula is C32H38N4O4S. The zero-order valence-corrected chi connectivity index (χ0v) is 25.1. The Kier molecular flexibility index (Phi) is 11.2. The number of thioether (sulfide) groups is 1. The van der Waals surface area contributed by atoms with Gasteiger partial charge in [-0.3, -0.25) is 9.59 Å². The Bertz CT molecular complexity index is 1400. The minimum Gasteiger partial charge on any atom is -0.444 e. The fraction of sp³-hybridized carbons (Fsp3) is 0.375. The minimum atomic E-state index is -1.11. The van der Waals surface area contributed by atoms with Crippen molar-refractivity contribution in [2.24, 2.45) is 0 Å². The van der Waals surface area contributed by atoms with E-state index in [1.54, 1.807) is 39.0 Å². The van der Waals surface area contributed by atoms with Gasteiger partial charge in [0, 0.05) is 5.69 Å². The molecule has 0 radical (unpaired) electrons. The van der Waals surface area contributed by atoms with Crippen LogP contribution in [0.1, 0.15) is 51.3 Å². The number of nitrogens with one attached hydrogen (secondary N) is 2. The molecule has 0 saturated carbocycles. The van der Waals surface area contributed by atoms with Gasteiger partial charge in [0.15, 0.2) is 0 Å². The highest BCUT2D eigenvalue weighted by Gasteiger charge is 2.36. The summed E-state index contributed by atoms with van der Waals surface area (Å²) in [5.41, 5.74) is 1.45. The standard InChI is InChI=1S/C32H38N4O4S/c1-6-22-11-13-24(14-12-22)28(29(37)34-26-16-15-23-9-7-8-10-25(23)21-26)36(19-18-33)30(38)27(17-20-41-5)35-31(39)40-32(2,3)4/h7-16,21,27-28H,6,17,19-20H2,1-5H3,(H,34,37)(H,35,39). The molecule has 0 aliphatic rings. The molecule has 0 fully saturated rings. The second-order valence-corrected chi connectivity index (χ2v) is 11.6. The third-order valence-electron chi connectivity index (χ3n) is 6.40. The summed E-state index contributed by atoms with van der Waals surface area (Å²) in [6, 6.07) is 20.8. The van der Waals surface area contributed by atoms with E-state index in [0.717, 1.165) is 22.8 Å². The maximum atomic E-state index is 14.0. The molecule has 0 saturated heterocycles. The molecule has 9 heteroatoms. The molecule has 0 aliphatic heterocycles. The van der Waals surface area contributed by atoms with Gasteiger partial charge in [0.1, 0.15) is 24.2 Å². The first-order valence-corrected chi connectivity index (χ1v) is 15.0. The topological polar surface area (TPSA) is 112 Å². The van der Waals surface area contributed by atoms with Crippen LogP contribution in [-0.2, 0) is 20.7 Å². The summed E-state index contributed by atoms with van der Waals surface area (Å²) in [7, 11) is 0. The Balaban J connectivity index is 2.00. The van der Waals surface area contributed by atoms with Gasteiger partial charge < -0.3 is 20.3 Å². The fourth-order valence-electron chi connectivity index (χ4n) is 4.40. The monoisotopic (exact) mass is 574 g/mol. The van der Waals surface area contributed by atoms with Crippen molar-refractivity contribution in [1.82, 2.24) is 10.2 Å². The molecule has 3 aromatic rings. The van der Waals surface area contributed by atoms with E-state index >= 15 is 0 Å². The number of fused-ring (bicyclic) bond motifs is 1. The van der Waals surface area contributed by atoms with Crippen LogP contribution in [0.3, 0.4) is 0 Å². The van der Waals surface area contributed by atoms with Crippen LogP contribution in [0.25, 0.3) is 10.8 Å². The molecule has 3 amide bonds. The second-order valence-electron chi connectivity index (χ2n) is 10.7. The first-order chi connectivity index (χ1) is 19.6. The molecule has 8 nitrogen and oxygen atoms in total. The molecule has 2 unspecified atom stereocenters. The lowest BCUT2D eigenvalue weighted by atomic mass is 10.00. The van der Waals surface area contributed by atoms with Crippen molar-refractivity contribution in [2.75, 3.05) is 23.9 Å². The number of benzene rings is 3. The van der Waals surface area contributed by atoms with Crippen molar-refractivity contribution in [3.05, 3.63) is 77.9 Å². The molecule has 2 N–H and O–H groups in total. The summed E-state index contributed by atoms with van der Waals surface area (Å²) in [5, 5.41) is 17.4. The molecule has 0 aliphatic carbocycles. The first kappa shape index (κ1) is 31.5. The predicted octanol–water partition coefficient (Wildman–Crippen LogP) is 6.08. The van der Waals surface area contributed by atoms with Crippen LogP contribution in [-0.4, -0.2) is 53.0 Å². The van der Waals surface area contributed by atoms with Crippen LogP contribution in [0.5, 0.6) is 0 Å². The number of hydrogen-bond acceptors (Lipinski definition) is 6. The Labute approximate surface area is 246 Å². The summed E-state index contributed by atoms with van der Waals surface area (Å²) < 4.78 is 5.40. The highest BCUT2D eigenvalue weighted by Crippen LogP contribution is 2.27. The number of carbonyl (C=O) groups excluding carboxylic acids is 3. The fourth-order valence-corrected chi connectivity index (χ4v) is 4.87. The molecule has 3 rings (SSSR count). The number of rotatable bonds is 11. The summed E-state index contributed by atoms with van der Waals surface area (Å²) >= 11 is 1.52. The largest absolute Gasteiger partial charge is 0.444 e. The Morgan fingerprint density at radius 1 is 1.02 bits per heavy atom. The maximum Gasteiger partial charge on any atom is 0.408 e. The van der Waals surface area contributed by atoms with E-state index < -0.39 is 35.6 Å². The van der Waals surface area contributed by atoms with Gasteiger partial charge in [-0.25, -0.2) is 4.79 Å². The van der Waals surface area contributed by atoms with Crippen molar-refractivity contribution in [3.8, 4) is 6.07 Å². The summed E-state index contributed by atoms with van der Waals surface area (Å²) in [5.74, 6) is -0.426. The molecule has 0 heterocycles. The van der Waals surface area contributed by atoms with E-state index in [9.17, 15) is 19.6 Å². The lowest BCUT2D eigenvalue weighted by Gasteiger charge is -2.33. The average molecular weight is 575 g/mol. The first-order valence-electron chi connectivity index (χ1n) is 13.6. The smallest absolute Gasteiger partial charge is 0.408 e. The molecule has 0 spiro atoms. The van der Waals surface area contributed by atoms with Crippen LogP contribution in [0.15, 0.2) is 66.7 Å². The number of ether oxygens (including phenoxy) is 1. The lowest BCUT2D eigenvalue weighted by Crippen LogP contribution is -2.52. The van der Waals surface area contributed by atoms with E-state index in [1.165, 1.54) is 16.7 Å². The predicted molar refractivity (Wildman–Crippen MR) is 165 cm³/mol. The van der Waals surface area contributed by atoms with E-state index in [2.05, 4.69) is 10.6 Å². The number of aryl methyl sites for hydroxylation is 1. The van der Waals surface area contributed by atoms with E-state index in [0.29, 0.717) is 23.4 Å². The lowest BCUT2D eigenvalue weighted by molar-refractivity contribution is -0.140. The molecular weight excluding hydrogens is 536 g/mol. The number of nitriles is 1.